The van der Waals surface area contributed by atoms with Crippen molar-refractivity contribution in [2.24, 2.45) is 0 Å². The molecule has 3 rings (SSSR count). The summed E-state index contributed by atoms with van der Waals surface area (Å²) in [6.45, 7) is 5.69. The molecule has 3 atom stereocenters. The van der Waals surface area contributed by atoms with Crippen molar-refractivity contribution < 1.29 is 0 Å². The molecule has 1 aliphatic carbocycles. The van der Waals surface area contributed by atoms with Crippen LogP contribution in [0.15, 0.2) is 54.6 Å². The molecule has 1 nitrogen and oxygen atoms in total. The van der Waals surface area contributed by atoms with Crippen LogP contribution in [-0.4, -0.2) is 6.54 Å². The van der Waals surface area contributed by atoms with Crippen LogP contribution >= 0.6 is 0 Å². The van der Waals surface area contributed by atoms with Gasteiger partial charge in [0.15, 0.2) is 0 Å². The first-order chi connectivity index (χ1) is 10.3. The second kappa shape index (κ2) is 6.44. The van der Waals surface area contributed by atoms with E-state index >= 15 is 0 Å². The Kier molecular flexibility index (Phi) is 4.40. The maximum absolute atomic E-state index is 3.80. The van der Waals surface area contributed by atoms with Crippen molar-refractivity contribution in [1.29, 1.82) is 0 Å². The van der Waals surface area contributed by atoms with Crippen LogP contribution in [0.25, 0.3) is 0 Å². The average molecular weight is 279 g/mol. The van der Waals surface area contributed by atoms with Gasteiger partial charge in [-0.15, -0.1) is 0 Å². The summed E-state index contributed by atoms with van der Waals surface area (Å²) in [6, 6.07) is 20.3. The lowest BCUT2D eigenvalue weighted by atomic mass is 9.81. The molecule has 3 unspecified atom stereocenters. The summed E-state index contributed by atoms with van der Waals surface area (Å²) in [6.07, 6.45) is 2.54. The van der Waals surface area contributed by atoms with Crippen LogP contribution in [0.3, 0.4) is 0 Å². The van der Waals surface area contributed by atoms with Crippen LogP contribution in [-0.2, 0) is 0 Å². The van der Waals surface area contributed by atoms with E-state index in [9.17, 15) is 0 Å². The van der Waals surface area contributed by atoms with Crippen molar-refractivity contribution in [2.45, 2.75) is 44.6 Å². The van der Waals surface area contributed by atoms with E-state index in [-0.39, 0.29) is 0 Å². The zero-order valence-corrected chi connectivity index (χ0v) is 13.0. The second-order valence-electron chi connectivity index (χ2n) is 6.38. The largest absolute Gasteiger partial charge is 0.309 e. The highest BCUT2D eigenvalue weighted by molar-refractivity contribution is 5.35. The summed E-state index contributed by atoms with van der Waals surface area (Å²) in [4.78, 5) is 0. The van der Waals surface area contributed by atoms with Crippen molar-refractivity contribution in [2.75, 3.05) is 6.54 Å². The summed E-state index contributed by atoms with van der Waals surface area (Å²) in [5, 5.41) is 3.80. The van der Waals surface area contributed by atoms with Crippen LogP contribution in [0.2, 0.25) is 0 Å². The van der Waals surface area contributed by atoms with Gasteiger partial charge in [-0.1, -0.05) is 68.4 Å². The van der Waals surface area contributed by atoms with Gasteiger partial charge in [0.2, 0.25) is 0 Å². The quantitative estimate of drug-likeness (QED) is 0.828. The van der Waals surface area contributed by atoms with Gasteiger partial charge in [0.05, 0.1) is 0 Å². The monoisotopic (exact) mass is 279 g/mol. The fourth-order valence-corrected chi connectivity index (χ4v) is 3.44. The number of hydrogen-bond donors (Lipinski definition) is 1. The molecule has 0 aromatic heterocycles. The second-order valence-corrected chi connectivity index (χ2v) is 6.38. The Morgan fingerprint density at radius 2 is 1.62 bits per heavy atom. The van der Waals surface area contributed by atoms with E-state index in [1.165, 1.54) is 29.5 Å². The van der Waals surface area contributed by atoms with E-state index in [0.717, 1.165) is 6.54 Å². The van der Waals surface area contributed by atoms with E-state index in [2.05, 4.69) is 73.8 Å². The maximum Gasteiger partial charge on any atom is 0.0323 e. The molecule has 0 fully saturated rings. The molecule has 1 N–H and O–H groups in total. The molecule has 0 saturated carbocycles. The van der Waals surface area contributed by atoms with E-state index in [0.29, 0.717) is 17.9 Å². The standard InChI is InChI=1S/C20H25N/c1-15-12-13-20(19-11-7-6-10-18(15)19)21-14-16(2)17-8-4-3-5-9-17/h3-11,15-16,20-21H,12-14H2,1-2H3. The number of fused-ring (bicyclic) bond motifs is 1. The number of rotatable bonds is 4. The fourth-order valence-electron chi connectivity index (χ4n) is 3.44. The molecular weight excluding hydrogens is 254 g/mol. The highest BCUT2D eigenvalue weighted by Gasteiger charge is 2.24. The maximum atomic E-state index is 3.80. The van der Waals surface area contributed by atoms with Gasteiger partial charge >= 0.3 is 0 Å². The molecule has 0 amide bonds. The smallest absolute Gasteiger partial charge is 0.0323 e. The molecule has 0 saturated heterocycles. The third-order valence-electron chi connectivity index (χ3n) is 4.83. The summed E-state index contributed by atoms with van der Waals surface area (Å²) < 4.78 is 0. The Bertz CT molecular complexity index is 575. The average Bonchev–Trinajstić information content (AvgIpc) is 2.55. The third kappa shape index (κ3) is 3.19. The van der Waals surface area contributed by atoms with Crippen molar-refractivity contribution in [1.82, 2.24) is 5.32 Å². The highest BCUT2D eigenvalue weighted by Crippen LogP contribution is 2.37. The Balaban J connectivity index is 1.68. The van der Waals surface area contributed by atoms with Gasteiger partial charge < -0.3 is 5.32 Å². The third-order valence-corrected chi connectivity index (χ3v) is 4.83. The Morgan fingerprint density at radius 1 is 0.952 bits per heavy atom. The molecule has 0 heterocycles. The fraction of sp³-hybridized carbons (Fsp3) is 0.400. The van der Waals surface area contributed by atoms with Crippen molar-refractivity contribution in [3.63, 3.8) is 0 Å². The predicted molar refractivity (Wildman–Crippen MR) is 89.7 cm³/mol. The Morgan fingerprint density at radius 3 is 2.38 bits per heavy atom. The molecule has 0 radical (unpaired) electrons. The Labute approximate surface area is 128 Å². The minimum atomic E-state index is 0.517. The van der Waals surface area contributed by atoms with Crippen molar-refractivity contribution in [3.8, 4) is 0 Å². The van der Waals surface area contributed by atoms with E-state index < -0.39 is 0 Å². The van der Waals surface area contributed by atoms with E-state index in [4.69, 9.17) is 0 Å². The minimum absolute atomic E-state index is 0.517. The van der Waals surface area contributed by atoms with Gasteiger partial charge in [0.1, 0.15) is 0 Å². The summed E-state index contributed by atoms with van der Waals surface area (Å²) in [5.41, 5.74) is 4.47. The van der Waals surface area contributed by atoms with Crippen LogP contribution < -0.4 is 5.32 Å². The minimum Gasteiger partial charge on any atom is -0.309 e. The van der Waals surface area contributed by atoms with Crippen LogP contribution in [0, 0.1) is 0 Å². The van der Waals surface area contributed by atoms with E-state index in [1.807, 2.05) is 0 Å². The van der Waals surface area contributed by atoms with E-state index in [1.54, 1.807) is 0 Å². The lowest BCUT2D eigenvalue weighted by Gasteiger charge is -2.31. The van der Waals surface area contributed by atoms with Crippen LogP contribution in [0.1, 0.15) is 61.3 Å². The lowest BCUT2D eigenvalue weighted by molar-refractivity contribution is 0.422. The molecule has 0 bridgehead atoms. The van der Waals surface area contributed by atoms with Crippen molar-refractivity contribution in [3.05, 3.63) is 71.3 Å². The zero-order chi connectivity index (χ0) is 14.7. The van der Waals surface area contributed by atoms with Crippen LogP contribution in [0.4, 0.5) is 0 Å². The molecule has 1 aliphatic rings. The highest BCUT2D eigenvalue weighted by atomic mass is 14.9. The molecule has 1 heteroatoms. The summed E-state index contributed by atoms with van der Waals surface area (Å²) in [7, 11) is 0. The SMILES string of the molecule is CC(CNC1CCC(C)c2ccccc21)c1ccccc1. The van der Waals surface area contributed by atoms with Gasteiger partial charge in [-0.05, 0) is 41.4 Å². The number of nitrogens with one attached hydrogen (secondary N) is 1. The van der Waals surface area contributed by atoms with Crippen LogP contribution in [0.5, 0.6) is 0 Å². The molecule has 110 valence electrons. The first kappa shape index (κ1) is 14.3. The lowest BCUT2D eigenvalue weighted by Crippen LogP contribution is -2.29. The van der Waals surface area contributed by atoms with Gasteiger partial charge in [-0.25, -0.2) is 0 Å². The molecule has 21 heavy (non-hydrogen) atoms. The first-order valence-electron chi connectivity index (χ1n) is 8.13. The molecule has 2 aromatic rings. The molecule has 2 aromatic carbocycles. The number of benzene rings is 2. The Hall–Kier alpha value is -1.60. The number of hydrogen-bond acceptors (Lipinski definition) is 1. The topological polar surface area (TPSA) is 12.0 Å². The van der Waals surface area contributed by atoms with Gasteiger partial charge in [0.25, 0.3) is 0 Å². The normalized spacial score (nSPS) is 22.6. The molecular formula is C20H25N. The predicted octanol–water partition coefficient (Wildman–Crippen LogP) is 5.02. The summed E-state index contributed by atoms with van der Waals surface area (Å²) in [5.74, 6) is 1.25. The van der Waals surface area contributed by atoms with Gasteiger partial charge in [-0.3, -0.25) is 0 Å². The van der Waals surface area contributed by atoms with Crippen molar-refractivity contribution >= 4 is 0 Å². The van der Waals surface area contributed by atoms with Gasteiger partial charge in [0, 0.05) is 12.6 Å². The first-order valence-corrected chi connectivity index (χ1v) is 8.13. The zero-order valence-electron chi connectivity index (χ0n) is 13.0. The molecule has 0 aliphatic heterocycles. The summed E-state index contributed by atoms with van der Waals surface area (Å²) >= 11 is 0. The van der Waals surface area contributed by atoms with Gasteiger partial charge in [-0.2, -0.15) is 0 Å². The molecule has 0 spiro atoms.